The third kappa shape index (κ3) is 6.86. The molecule has 1 aliphatic rings. The summed E-state index contributed by atoms with van der Waals surface area (Å²) in [5.74, 6) is 1.61. The molecule has 1 heterocycles. The van der Waals surface area contributed by atoms with Gasteiger partial charge in [-0.05, 0) is 32.0 Å². The Bertz CT molecular complexity index is 666. The topological polar surface area (TPSA) is 72.1 Å². The minimum absolute atomic E-state index is 0.0181. The van der Waals surface area contributed by atoms with E-state index in [2.05, 4.69) is 38.3 Å². The zero-order chi connectivity index (χ0) is 22.1. The van der Waals surface area contributed by atoms with Crippen LogP contribution in [0.15, 0.2) is 18.2 Å². The second-order valence-electron chi connectivity index (χ2n) is 8.46. The van der Waals surface area contributed by atoms with Gasteiger partial charge in [0.05, 0.1) is 13.7 Å². The number of carbonyl (C=O) groups excluding carboxylic acids is 1. The summed E-state index contributed by atoms with van der Waals surface area (Å²) in [7, 11) is 3.27. The lowest BCUT2D eigenvalue weighted by Crippen LogP contribution is -2.47. The van der Waals surface area contributed by atoms with Crippen LogP contribution in [-0.4, -0.2) is 76.0 Å². The van der Waals surface area contributed by atoms with Gasteiger partial charge in [0.1, 0.15) is 0 Å². The third-order valence-electron chi connectivity index (χ3n) is 5.36. The van der Waals surface area contributed by atoms with Crippen LogP contribution < -0.4 is 20.1 Å². The molecule has 1 aromatic carbocycles. The molecule has 2 N–H and O–H groups in total. The molecule has 0 unspecified atom stereocenters. The van der Waals surface area contributed by atoms with Gasteiger partial charge in [0.2, 0.25) is 0 Å². The Hall–Kier alpha value is -1.83. The molecule has 1 amide bonds. The number of rotatable bonds is 12. The molecule has 30 heavy (non-hydrogen) atoms. The van der Waals surface area contributed by atoms with Crippen LogP contribution in [0.2, 0.25) is 0 Å². The van der Waals surface area contributed by atoms with Gasteiger partial charge < -0.3 is 29.7 Å². The van der Waals surface area contributed by atoms with Gasteiger partial charge in [-0.25, -0.2) is 0 Å². The van der Waals surface area contributed by atoms with Crippen molar-refractivity contribution in [1.29, 1.82) is 0 Å². The van der Waals surface area contributed by atoms with Crippen LogP contribution in [0.3, 0.4) is 0 Å². The van der Waals surface area contributed by atoms with Gasteiger partial charge in [0.25, 0.3) is 5.91 Å². The Morgan fingerprint density at radius 1 is 1.17 bits per heavy atom. The molecule has 7 nitrogen and oxygen atoms in total. The molecule has 0 aromatic heterocycles. The van der Waals surface area contributed by atoms with E-state index in [9.17, 15) is 4.79 Å². The molecule has 170 valence electrons. The van der Waals surface area contributed by atoms with Gasteiger partial charge in [-0.15, -0.1) is 0 Å². The van der Waals surface area contributed by atoms with E-state index in [4.69, 9.17) is 14.2 Å². The van der Waals surface area contributed by atoms with E-state index in [0.717, 1.165) is 19.5 Å². The van der Waals surface area contributed by atoms with Crippen LogP contribution in [0, 0.1) is 5.92 Å². The van der Waals surface area contributed by atoms with Crippen LogP contribution in [0.4, 0.5) is 0 Å². The quantitative estimate of drug-likeness (QED) is 0.506. The van der Waals surface area contributed by atoms with Gasteiger partial charge >= 0.3 is 0 Å². The van der Waals surface area contributed by atoms with Crippen LogP contribution in [-0.2, 0) is 4.74 Å². The van der Waals surface area contributed by atoms with E-state index in [0.29, 0.717) is 54.8 Å². The van der Waals surface area contributed by atoms with E-state index >= 15 is 0 Å². The largest absolute Gasteiger partial charge is 0.493 e. The molecule has 0 radical (unpaired) electrons. The Balaban J connectivity index is 2.14. The van der Waals surface area contributed by atoms with E-state index < -0.39 is 0 Å². The third-order valence-corrected chi connectivity index (χ3v) is 5.36. The van der Waals surface area contributed by atoms with Crippen molar-refractivity contribution < 1.29 is 19.0 Å². The first-order valence-electron chi connectivity index (χ1n) is 10.9. The minimum atomic E-state index is 0.0181. The highest BCUT2D eigenvalue weighted by atomic mass is 16.5. The van der Waals surface area contributed by atoms with Crippen molar-refractivity contribution in [2.75, 3.05) is 47.1 Å². The second-order valence-corrected chi connectivity index (χ2v) is 8.46. The zero-order valence-electron chi connectivity index (χ0n) is 19.4. The predicted molar refractivity (Wildman–Crippen MR) is 120 cm³/mol. The average Bonchev–Trinajstić information content (AvgIpc) is 3.14. The fourth-order valence-corrected chi connectivity index (χ4v) is 3.80. The van der Waals surface area contributed by atoms with Gasteiger partial charge in [-0.2, -0.15) is 0 Å². The standard InChI is InChI=1S/C23H39N3O4/c1-16(2)25-20-14-24-13-19(20)15-26(17(3)4)23(27)18-8-9-21(29-6)22(12-18)30-11-7-10-28-5/h8-9,12,16-17,19-20,24-25H,7,10-11,13-15H2,1-6H3/t19-,20+/m1/s1. The lowest BCUT2D eigenvalue weighted by Gasteiger charge is -2.32. The lowest BCUT2D eigenvalue weighted by atomic mass is 10.0. The number of hydrogen-bond donors (Lipinski definition) is 2. The first-order chi connectivity index (χ1) is 14.4. The minimum Gasteiger partial charge on any atom is -0.493 e. The number of methoxy groups -OCH3 is 2. The number of carbonyl (C=O) groups is 1. The summed E-state index contributed by atoms with van der Waals surface area (Å²) in [4.78, 5) is 15.4. The average molecular weight is 422 g/mol. The normalized spacial score (nSPS) is 18.8. The van der Waals surface area contributed by atoms with Crippen molar-refractivity contribution in [3.63, 3.8) is 0 Å². The first-order valence-corrected chi connectivity index (χ1v) is 10.9. The predicted octanol–water partition coefficient (Wildman–Crippen LogP) is 2.55. The van der Waals surface area contributed by atoms with Crippen molar-refractivity contribution in [3.8, 4) is 11.5 Å². The molecule has 1 aliphatic heterocycles. The van der Waals surface area contributed by atoms with E-state index in [1.807, 2.05) is 11.0 Å². The lowest BCUT2D eigenvalue weighted by molar-refractivity contribution is 0.0667. The molecule has 1 saturated heterocycles. The fraction of sp³-hybridized carbons (Fsp3) is 0.696. The highest BCUT2D eigenvalue weighted by molar-refractivity contribution is 5.95. The van der Waals surface area contributed by atoms with Crippen molar-refractivity contribution in [3.05, 3.63) is 23.8 Å². The van der Waals surface area contributed by atoms with E-state index in [-0.39, 0.29) is 11.9 Å². The van der Waals surface area contributed by atoms with Gasteiger partial charge in [0, 0.05) is 69.4 Å². The Labute approximate surface area is 181 Å². The van der Waals surface area contributed by atoms with Crippen molar-refractivity contribution >= 4 is 5.91 Å². The fourth-order valence-electron chi connectivity index (χ4n) is 3.80. The van der Waals surface area contributed by atoms with Gasteiger partial charge in [0.15, 0.2) is 11.5 Å². The van der Waals surface area contributed by atoms with Crippen LogP contribution in [0.1, 0.15) is 44.5 Å². The first kappa shape index (κ1) is 24.4. The highest BCUT2D eigenvalue weighted by Gasteiger charge is 2.31. The maximum atomic E-state index is 13.4. The van der Waals surface area contributed by atoms with Crippen molar-refractivity contribution in [2.45, 2.75) is 52.2 Å². The van der Waals surface area contributed by atoms with E-state index in [1.165, 1.54) is 0 Å². The zero-order valence-corrected chi connectivity index (χ0v) is 19.4. The molecule has 1 aromatic rings. The Morgan fingerprint density at radius 3 is 2.57 bits per heavy atom. The molecule has 0 bridgehead atoms. The molecule has 0 spiro atoms. The van der Waals surface area contributed by atoms with Gasteiger partial charge in [-0.3, -0.25) is 4.79 Å². The summed E-state index contributed by atoms with van der Waals surface area (Å²) >= 11 is 0. The summed E-state index contributed by atoms with van der Waals surface area (Å²) in [5, 5.41) is 7.09. The smallest absolute Gasteiger partial charge is 0.254 e. The summed E-state index contributed by atoms with van der Waals surface area (Å²) in [6, 6.07) is 6.30. The van der Waals surface area contributed by atoms with Crippen molar-refractivity contribution in [2.24, 2.45) is 5.92 Å². The van der Waals surface area contributed by atoms with Crippen LogP contribution >= 0.6 is 0 Å². The monoisotopic (exact) mass is 421 g/mol. The number of nitrogens with zero attached hydrogens (tertiary/aromatic N) is 1. The van der Waals surface area contributed by atoms with E-state index in [1.54, 1.807) is 26.4 Å². The summed E-state index contributed by atoms with van der Waals surface area (Å²) in [6.45, 7) is 12.1. The Morgan fingerprint density at radius 2 is 1.93 bits per heavy atom. The second kappa shape index (κ2) is 12.1. The molecule has 0 aliphatic carbocycles. The van der Waals surface area contributed by atoms with Crippen molar-refractivity contribution in [1.82, 2.24) is 15.5 Å². The van der Waals surface area contributed by atoms with Gasteiger partial charge in [-0.1, -0.05) is 13.8 Å². The number of nitrogens with one attached hydrogen (secondary N) is 2. The molecule has 2 rings (SSSR count). The summed E-state index contributed by atoms with van der Waals surface area (Å²) < 4.78 is 16.3. The SMILES string of the molecule is COCCCOc1cc(C(=O)N(C[C@H]2CNC[C@@H]2NC(C)C)C(C)C)ccc1OC. The molecular weight excluding hydrogens is 382 g/mol. The Kier molecular flexibility index (Phi) is 9.88. The van der Waals surface area contributed by atoms with Crippen LogP contribution in [0.5, 0.6) is 11.5 Å². The molecular formula is C23H39N3O4. The molecule has 0 saturated carbocycles. The number of hydrogen-bond acceptors (Lipinski definition) is 6. The highest BCUT2D eigenvalue weighted by Crippen LogP contribution is 2.29. The maximum Gasteiger partial charge on any atom is 0.254 e. The summed E-state index contributed by atoms with van der Waals surface area (Å²) in [5.41, 5.74) is 0.616. The summed E-state index contributed by atoms with van der Waals surface area (Å²) in [6.07, 6.45) is 0.773. The molecule has 1 fully saturated rings. The number of benzene rings is 1. The molecule has 7 heteroatoms. The number of ether oxygens (including phenoxy) is 3. The molecule has 2 atom stereocenters. The maximum absolute atomic E-state index is 13.4. The van der Waals surface area contributed by atoms with Crippen LogP contribution in [0.25, 0.3) is 0 Å². The number of amides is 1.